The van der Waals surface area contributed by atoms with Crippen LogP contribution in [0.3, 0.4) is 0 Å². The lowest BCUT2D eigenvalue weighted by Crippen LogP contribution is -2.32. The molecule has 0 radical (unpaired) electrons. The van der Waals surface area contributed by atoms with E-state index in [1.165, 1.54) is 16.7 Å². The number of rotatable bonds is 7. The Balaban J connectivity index is 1.39. The summed E-state index contributed by atoms with van der Waals surface area (Å²) in [4.78, 5) is 15.6. The van der Waals surface area contributed by atoms with Crippen LogP contribution < -0.4 is 0 Å². The van der Waals surface area contributed by atoms with Crippen LogP contribution in [0.15, 0.2) is 83.7 Å². The van der Waals surface area contributed by atoms with Gasteiger partial charge in [-0.15, -0.1) is 11.3 Å². The van der Waals surface area contributed by atoms with Gasteiger partial charge in [0.05, 0.1) is 4.88 Å². The quantitative estimate of drug-likeness (QED) is 0.432. The third-order valence-corrected chi connectivity index (χ3v) is 6.52. The third-order valence-electron chi connectivity index (χ3n) is 5.61. The van der Waals surface area contributed by atoms with Gasteiger partial charge in [-0.1, -0.05) is 72.3 Å². The topological polar surface area (TPSA) is 20.3 Å². The Kier molecular flexibility index (Phi) is 6.71. The lowest BCUT2D eigenvalue weighted by Gasteiger charge is -2.30. The minimum atomic E-state index is 0.285. The number of likely N-dealkylation sites (tertiary alicyclic amines) is 1. The number of benzene rings is 2. The summed E-state index contributed by atoms with van der Waals surface area (Å²) in [6.07, 6.45) is 3.79. The van der Waals surface area contributed by atoms with Gasteiger partial charge >= 0.3 is 0 Å². The number of thiophene rings is 1. The first-order valence-corrected chi connectivity index (χ1v) is 11.3. The van der Waals surface area contributed by atoms with Crippen LogP contribution in [0.5, 0.6) is 0 Å². The predicted molar refractivity (Wildman–Crippen MR) is 122 cm³/mol. The van der Waals surface area contributed by atoms with Crippen LogP contribution in [-0.2, 0) is 0 Å². The average molecular weight is 402 g/mol. The number of hydrogen-bond donors (Lipinski definition) is 0. The van der Waals surface area contributed by atoms with E-state index in [2.05, 4.69) is 65.6 Å². The Labute approximate surface area is 177 Å². The molecule has 0 atom stereocenters. The minimum absolute atomic E-state index is 0.285. The van der Waals surface area contributed by atoms with Crippen molar-refractivity contribution < 1.29 is 4.79 Å². The molecule has 148 valence electrons. The summed E-state index contributed by atoms with van der Waals surface area (Å²) in [5.41, 5.74) is 5.57. The zero-order chi connectivity index (χ0) is 19.9. The molecule has 1 aromatic heterocycles. The molecule has 0 amide bonds. The van der Waals surface area contributed by atoms with E-state index in [1.54, 1.807) is 16.9 Å². The predicted octanol–water partition coefficient (Wildman–Crippen LogP) is 6.31. The van der Waals surface area contributed by atoms with Crippen molar-refractivity contribution in [3.8, 4) is 0 Å². The Morgan fingerprint density at radius 3 is 2.00 bits per heavy atom. The highest BCUT2D eigenvalue weighted by molar-refractivity contribution is 7.12. The fourth-order valence-corrected chi connectivity index (χ4v) is 4.80. The molecule has 1 aliphatic rings. The van der Waals surface area contributed by atoms with Gasteiger partial charge in [-0.2, -0.15) is 0 Å². The summed E-state index contributed by atoms with van der Waals surface area (Å²) < 4.78 is 0. The van der Waals surface area contributed by atoms with E-state index in [0.29, 0.717) is 6.42 Å². The molecule has 0 saturated carbocycles. The van der Waals surface area contributed by atoms with E-state index >= 15 is 0 Å². The molecular formula is C26H27NOS. The number of Topliss-reactive ketones (excluding diaryl/α,β-unsaturated/α-hetero) is 1. The normalized spacial score (nSPS) is 14.7. The van der Waals surface area contributed by atoms with Gasteiger partial charge in [0.1, 0.15) is 0 Å². The maximum Gasteiger partial charge on any atom is 0.172 e. The molecule has 1 aliphatic heterocycles. The maximum atomic E-state index is 12.2. The van der Waals surface area contributed by atoms with Crippen molar-refractivity contribution in [2.75, 3.05) is 19.6 Å². The molecule has 3 heteroatoms. The second kappa shape index (κ2) is 9.82. The smallest absolute Gasteiger partial charge is 0.172 e. The summed E-state index contributed by atoms with van der Waals surface area (Å²) in [5, 5.41) is 1.97. The average Bonchev–Trinajstić information content (AvgIpc) is 3.32. The molecule has 4 rings (SSSR count). The first-order valence-electron chi connectivity index (χ1n) is 10.4. The van der Waals surface area contributed by atoms with E-state index in [1.807, 2.05) is 17.5 Å². The number of carbonyl (C=O) groups excluding carboxylic acids is 1. The first-order chi connectivity index (χ1) is 14.3. The molecule has 0 N–H and O–H groups in total. The van der Waals surface area contributed by atoms with Gasteiger partial charge in [-0.05, 0) is 54.0 Å². The number of nitrogens with zero attached hydrogens (tertiary/aromatic N) is 1. The zero-order valence-electron chi connectivity index (χ0n) is 16.7. The van der Waals surface area contributed by atoms with Gasteiger partial charge in [0, 0.05) is 19.5 Å². The molecular weight excluding hydrogens is 374 g/mol. The zero-order valence-corrected chi connectivity index (χ0v) is 17.5. The lowest BCUT2D eigenvalue weighted by molar-refractivity contribution is 0.0978. The van der Waals surface area contributed by atoms with Gasteiger partial charge < -0.3 is 4.90 Å². The molecule has 0 aliphatic carbocycles. The Hall–Kier alpha value is -2.49. The van der Waals surface area contributed by atoms with Crippen LogP contribution in [-0.4, -0.2) is 30.3 Å². The Morgan fingerprint density at radius 1 is 0.828 bits per heavy atom. The van der Waals surface area contributed by atoms with Crippen LogP contribution in [0, 0.1) is 0 Å². The molecule has 0 spiro atoms. The van der Waals surface area contributed by atoms with Gasteiger partial charge in [-0.25, -0.2) is 0 Å². The van der Waals surface area contributed by atoms with Gasteiger partial charge in [0.25, 0.3) is 0 Å². The Morgan fingerprint density at radius 2 is 1.45 bits per heavy atom. The summed E-state index contributed by atoms with van der Waals surface area (Å²) in [6.45, 7) is 3.16. The fraction of sp³-hybridized carbons (Fsp3) is 0.269. The van der Waals surface area contributed by atoms with Gasteiger partial charge in [0.15, 0.2) is 5.78 Å². The summed E-state index contributed by atoms with van der Waals surface area (Å²) >= 11 is 1.55. The largest absolute Gasteiger partial charge is 0.303 e. The fourth-order valence-electron chi connectivity index (χ4n) is 4.10. The first kappa shape index (κ1) is 19.8. The second-order valence-corrected chi connectivity index (χ2v) is 8.50. The number of hydrogen-bond acceptors (Lipinski definition) is 3. The number of piperidine rings is 1. The van der Waals surface area contributed by atoms with Crippen molar-refractivity contribution >= 4 is 22.7 Å². The van der Waals surface area contributed by atoms with E-state index in [-0.39, 0.29) is 5.78 Å². The SMILES string of the molecule is O=C(CCCN1CCC(=C(c2ccccc2)c2ccccc2)CC1)c1cccs1. The molecule has 0 bridgehead atoms. The highest BCUT2D eigenvalue weighted by Crippen LogP contribution is 2.32. The van der Waals surface area contributed by atoms with E-state index < -0.39 is 0 Å². The summed E-state index contributed by atoms with van der Waals surface area (Å²) in [7, 11) is 0. The Bertz CT molecular complexity index is 893. The van der Waals surface area contributed by atoms with Crippen LogP contribution in [0.4, 0.5) is 0 Å². The van der Waals surface area contributed by atoms with Crippen molar-refractivity contribution in [1.82, 2.24) is 4.90 Å². The highest BCUT2D eigenvalue weighted by Gasteiger charge is 2.19. The highest BCUT2D eigenvalue weighted by atomic mass is 32.1. The van der Waals surface area contributed by atoms with E-state index in [0.717, 1.165) is 43.8 Å². The number of ketones is 1. The number of carbonyl (C=O) groups is 1. The van der Waals surface area contributed by atoms with Crippen molar-refractivity contribution in [2.24, 2.45) is 0 Å². The van der Waals surface area contributed by atoms with Crippen LogP contribution >= 0.6 is 11.3 Å². The van der Waals surface area contributed by atoms with Crippen LogP contribution in [0.2, 0.25) is 0 Å². The van der Waals surface area contributed by atoms with Crippen LogP contribution in [0.1, 0.15) is 46.5 Å². The molecule has 2 heterocycles. The minimum Gasteiger partial charge on any atom is -0.303 e. The lowest BCUT2D eigenvalue weighted by atomic mass is 9.88. The summed E-state index contributed by atoms with van der Waals surface area (Å²) in [5.74, 6) is 0.285. The molecule has 1 saturated heterocycles. The molecule has 29 heavy (non-hydrogen) atoms. The van der Waals surface area contributed by atoms with E-state index in [4.69, 9.17) is 0 Å². The summed E-state index contributed by atoms with van der Waals surface area (Å²) in [6, 6.07) is 25.4. The van der Waals surface area contributed by atoms with Crippen LogP contribution in [0.25, 0.3) is 5.57 Å². The maximum absolute atomic E-state index is 12.2. The monoisotopic (exact) mass is 401 g/mol. The molecule has 2 nitrogen and oxygen atoms in total. The molecule has 0 unspecified atom stereocenters. The molecule has 3 aromatic rings. The standard InChI is InChI=1S/C26H27NOS/c28-24(25-14-8-20-29-25)13-7-17-27-18-15-23(16-19-27)26(21-9-3-1-4-10-21)22-11-5-2-6-12-22/h1-6,8-12,14,20H,7,13,15-19H2. The molecule has 1 fully saturated rings. The van der Waals surface area contributed by atoms with E-state index in [9.17, 15) is 4.79 Å². The van der Waals surface area contributed by atoms with Crippen molar-refractivity contribution in [2.45, 2.75) is 25.7 Å². The third kappa shape index (κ3) is 5.11. The van der Waals surface area contributed by atoms with Gasteiger partial charge in [0.2, 0.25) is 0 Å². The van der Waals surface area contributed by atoms with Crippen molar-refractivity contribution in [3.63, 3.8) is 0 Å². The molecule has 2 aromatic carbocycles. The van der Waals surface area contributed by atoms with Crippen molar-refractivity contribution in [1.29, 1.82) is 0 Å². The van der Waals surface area contributed by atoms with Gasteiger partial charge in [-0.3, -0.25) is 4.79 Å². The van der Waals surface area contributed by atoms with Crippen molar-refractivity contribution in [3.05, 3.63) is 99.8 Å². The second-order valence-electron chi connectivity index (χ2n) is 7.56.